The van der Waals surface area contributed by atoms with Gasteiger partial charge < -0.3 is 20.2 Å². The monoisotopic (exact) mass is 288 g/mol. The van der Waals surface area contributed by atoms with E-state index in [4.69, 9.17) is 14.9 Å². The van der Waals surface area contributed by atoms with Crippen molar-refractivity contribution in [2.75, 3.05) is 18.5 Å². The van der Waals surface area contributed by atoms with E-state index in [1.165, 1.54) is 6.39 Å². The van der Waals surface area contributed by atoms with Crippen molar-refractivity contribution in [1.29, 1.82) is 0 Å². The third-order valence-corrected chi connectivity index (χ3v) is 3.56. The number of nitrogens with two attached hydrogens (primary N) is 1. The molecule has 110 valence electrons. The van der Waals surface area contributed by atoms with Gasteiger partial charge in [-0.25, -0.2) is 0 Å². The molecule has 1 amide bonds. The van der Waals surface area contributed by atoms with Gasteiger partial charge in [0, 0.05) is 24.5 Å². The summed E-state index contributed by atoms with van der Waals surface area (Å²) >= 11 is 0. The third kappa shape index (κ3) is 2.93. The van der Waals surface area contributed by atoms with E-state index in [1.54, 1.807) is 12.1 Å². The van der Waals surface area contributed by atoms with Crippen molar-refractivity contribution >= 4 is 11.6 Å². The standard InChI is InChI=1S/C14H16N4O3/c15-14(4-6-20-7-5-14)13(19)17-11-3-1-2-10(8-11)12-18-16-9-21-12/h1-3,8-9H,4-7,15H2,(H,17,19). The minimum absolute atomic E-state index is 0.200. The zero-order valence-electron chi connectivity index (χ0n) is 11.4. The molecule has 2 heterocycles. The number of nitrogens with one attached hydrogen (secondary N) is 1. The van der Waals surface area contributed by atoms with Crippen molar-refractivity contribution in [1.82, 2.24) is 10.2 Å². The summed E-state index contributed by atoms with van der Waals surface area (Å²) in [7, 11) is 0. The maximum Gasteiger partial charge on any atom is 0.247 e. The minimum atomic E-state index is -0.876. The van der Waals surface area contributed by atoms with Gasteiger partial charge >= 0.3 is 0 Å². The first-order valence-electron chi connectivity index (χ1n) is 6.72. The van der Waals surface area contributed by atoms with Gasteiger partial charge in [0.2, 0.25) is 18.2 Å². The van der Waals surface area contributed by atoms with E-state index in [9.17, 15) is 4.79 Å². The van der Waals surface area contributed by atoms with Crippen LogP contribution in [0.5, 0.6) is 0 Å². The molecule has 1 aromatic heterocycles. The Bertz CT molecular complexity index is 621. The number of rotatable bonds is 3. The Morgan fingerprint density at radius 3 is 2.86 bits per heavy atom. The second-order valence-corrected chi connectivity index (χ2v) is 5.05. The number of aromatic nitrogens is 2. The first-order chi connectivity index (χ1) is 10.2. The molecule has 7 heteroatoms. The van der Waals surface area contributed by atoms with Gasteiger partial charge in [0.25, 0.3) is 0 Å². The van der Waals surface area contributed by atoms with Crippen molar-refractivity contribution in [2.24, 2.45) is 5.73 Å². The highest BCUT2D eigenvalue weighted by Crippen LogP contribution is 2.23. The summed E-state index contributed by atoms with van der Waals surface area (Å²) in [5.41, 5.74) is 6.66. The Balaban J connectivity index is 1.76. The molecule has 1 aromatic carbocycles. The van der Waals surface area contributed by atoms with Crippen molar-refractivity contribution in [3.63, 3.8) is 0 Å². The van der Waals surface area contributed by atoms with Gasteiger partial charge in [-0.3, -0.25) is 4.79 Å². The smallest absolute Gasteiger partial charge is 0.247 e. The molecule has 0 atom stereocenters. The van der Waals surface area contributed by atoms with Crippen molar-refractivity contribution in [3.05, 3.63) is 30.7 Å². The largest absolute Gasteiger partial charge is 0.423 e. The van der Waals surface area contributed by atoms with Gasteiger partial charge in [0.15, 0.2) is 0 Å². The Kier molecular flexibility index (Phi) is 3.68. The highest BCUT2D eigenvalue weighted by atomic mass is 16.5. The van der Waals surface area contributed by atoms with Crippen LogP contribution in [0.1, 0.15) is 12.8 Å². The summed E-state index contributed by atoms with van der Waals surface area (Å²) in [6, 6.07) is 7.20. The molecule has 0 radical (unpaired) electrons. The molecule has 3 rings (SSSR count). The quantitative estimate of drug-likeness (QED) is 0.879. The molecule has 1 aliphatic rings. The molecule has 1 aliphatic heterocycles. The van der Waals surface area contributed by atoms with Gasteiger partial charge in [-0.1, -0.05) is 6.07 Å². The lowest BCUT2D eigenvalue weighted by Crippen LogP contribution is -2.54. The minimum Gasteiger partial charge on any atom is -0.423 e. The zero-order chi connectivity index (χ0) is 14.7. The van der Waals surface area contributed by atoms with Gasteiger partial charge in [0.1, 0.15) is 5.54 Å². The van der Waals surface area contributed by atoms with Crippen LogP contribution in [0.2, 0.25) is 0 Å². The molecular formula is C14H16N4O3. The predicted octanol–water partition coefficient (Wildman–Crippen LogP) is 1.18. The molecule has 7 nitrogen and oxygen atoms in total. The molecule has 0 spiro atoms. The van der Waals surface area contributed by atoms with E-state index < -0.39 is 5.54 Å². The van der Waals surface area contributed by atoms with Gasteiger partial charge in [-0.2, -0.15) is 0 Å². The summed E-state index contributed by atoms with van der Waals surface area (Å²) in [4.78, 5) is 12.3. The molecule has 21 heavy (non-hydrogen) atoms. The molecule has 1 saturated heterocycles. The van der Waals surface area contributed by atoms with Crippen LogP contribution in [0.4, 0.5) is 5.69 Å². The van der Waals surface area contributed by atoms with Crippen LogP contribution in [0.3, 0.4) is 0 Å². The molecule has 1 fully saturated rings. The Labute approximate surface area is 121 Å². The Hall–Kier alpha value is -2.25. The molecule has 0 aliphatic carbocycles. The predicted molar refractivity (Wildman–Crippen MR) is 75.3 cm³/mol. The molecule has 0 unspecified atom stereocenters. The Morgan fingerprint density at radius 1 is 1.33 bits per heavy atom. The first kappa shape index (κ1) is 13.7. The van der Waals surface area contributed by atoms with E-state index in [1.807, 2.05) is 12.1 Å². The maximum absolute atomic E-state index is 12.3. The van der Waals surface area contributed by atoms with Crippen molar-refractivity contribution < 1.29 is 13.9 Å². The summed E-state index contributed by atoms with van der Waals surface area (Å²) < 4.78 is 10.4. The van der Waals surface area contributed by atoms with Crippen LogP contribution < -0.4 is 11.1 Å². The summed E-state index contributed by atoms with van der Waals surface area (Å²) in [6.07, 6.45) is 2.29. The van der Waals surface area contributed by atoms with E-state index >= 15 is 0 Å². The lowest BCUT2D eigenvalue weighted by molar-refractivity contribution is -0.124. The number of nitrogens with zero attached hydrogens (tertiary/aromatic N) is 2. The van der Waals surface area contributed by atoms with Crippen LogP contribution in [0, 0.1) is 0 Å². The van der Waals surface area contributed by atoms with E-state index in [-0.39, 0.29) is 5.91 Å². The van der Waals surface area contributed by atoms with Crippen molar-refractivity contribution in [2.45, 2.75) is 18.4 Å². The molecule has 0 bridgehead atoms. The molecule has 2 aromatic rings. The number of benzene rings is 1. The zero-order valence-corrected chi connectivity index (χ0v) is 11.4. The first-order valence-corrected chi connectivity index (χ1v) is 6.72. The van der Waals surface area contributed by atoms with E-state index in [0.717, 1.165) is 5.56 Å². The fourth-order valence-electron chi connectivity index (χ4n) is 2.25. The number of hydrogen-bond donors (Lipinski definition) is 2. The van der Waals surface area contributed by atoms with Crippen LogP contribution in [0.15, 0.2) is 35.1 Å². The van der Waals surface area contributed by atoms with Gasteiger partial charge in [-0.15, -0.1) is 10.2 Å². The second kappa shape index (κ2) is 5.63. The van der Waals surface area contributed by atoms with Crippen molar-refractivity contribution in [3.8, 4) is 11.5 Å². The summed E-state index contributed by atoms with van der Waals surface area (Å²) in [5.74, 6) is 0.202. The average Bonchev–Trinajstić information content (AvgIpc) is 3.02. The molecule has 3 N–H and O–H groups in total. The lowest BCUT2D eigenvalue weighted by Gasteiger charge is -2.31. The van der Waals surface area contributed by atoms with Crippen LogP contribution in [-0.4, -0.2) is 34.9 Å². The van der Waals surface area contributed by atoms with Crippen LogP contribution in [-0.2, 0) is 9.53 Å². The summed E-state index contributed by atoms with van der Waals surface area (Å²) in [5, 5.41) is 10.3. The highest BCUT2D eigenvalue weighted by Gasteiger charge is 2.35. The van der Waals surface area contributed by atoms with E-state index in [0.29, 0.717) is 37.6 Å². The molecule has 0 saturated carbocycles. The number of hydrogen-bond acceptors (Lipinski definition) is 6. The average molecular weight is 288 g/mol. The highest BCUT2D eigenvalue weighted by molar-refractivity contribution is 5.98. The van der Waals surface area contributed by atoms with Gasteiger partial charge in [-0.05, 0) is 31.0 Å². The van der Waals surface area contributed by atoms with E-state index in [2.05, 4.69) is 15.5 Å². The van der Waals surface area contributed by atoms with Crippen LogP contribution >= 0.6 is 0 Å². The Morgan fingerprint density at radius 2 is 2.14 bits per heavy atom. The third-order valence-electron chi connectivity index (χ3n) is 3.56. The number of carbonyl (C=O) groups is 1. The number of carbonyl (C=O) groups excluding carboxylic acids is 1. The maximum atomic E-state index is 12.3. The number of amides is 1. The molecular weight excluding hydrogens is 272 g/mol. The second-order valence-electron chi connectivity index (χ2n) is 5.05. The lowest BCUT2D eigenvalue weighted by atomic mass is 9.90. The summed E-state index contributed by atoms with van der Waals surface area (Å²) in [6.45, 7) is 1.01. The van der Waals surface area contributed by atoms with Gasteiger partial charge in [0.05, 0.1) is 0 Å². The van der Waals surface area contributed by atoms with Crippen LogP contribution in [0.25, 0.3) is 11.5 Å². The number of anilines is 1. The fraction of sp³-hybridized carbons (Fsp3) is 0.357. The topological polar surface area (TPSA) is 103 Å². The fourth-order valence-corrected chi connectivity index (χ4v) is 2.25. The SMILES string of the molecule is NC1(C(=O)Nc2cccc(-c3nnco3)c2)CCOCC1. The normalized spacial score (nSPS) is 17.4. The number of ether oxygens (including phenoxy) is 1.